The van der Waals surface area contributed by atoms with Crippen molar-refractivity contribution in [2.24, 2.45) is 7.05 Å². The molecule has 8 heteroatoms. The smallest absolute Gasteiger partial charge is 0.276 e. The Morgan fingerprint density at radius 1 is 1.07 bits per heavy atom. The minimum Gasteiger partial charge on any atom is -0.296 e. The van der Waals surface area contributed by atoms with Gasteiger partial charge in [0.1, 0.15) is 10.7 Å². The minimum atomic E-state index is -0.262. The van der Waals surface area contributed by atoms with Gasteiger partial charge >= 0.3 is 0 Å². The first-order chi connectivity index (χ1) is 13.0. The SMILES string of the molecule is Cc1ccc(-c2csc(NC(=O)c3csc(-c4cnn(C)c4)n3)n2)cc1C. The normalized spacial score (nSPS) is 10.9. The molecule has 6 nitrogen and oxygen atoms in total. The summed E-state index contributed by atoms with van der Waals surface area (Å²) in [6.07, 6.45) is 3.61. The molecule has 0 saturated carbocycles. The van der Waals surface area contributed by atoms with Crippen molar-refractivity contribution in [2.45, 2.75) is 13.8 Å². The van der Waals surface area contributed by atoms with E-state index in [1.165, 1.54) is 33.8 Å². The van der Waals surface area contributed by atoms with E-state index in [2.05, 4.69) is 46.4 Å². The highest BCUT2D eigenvalue weighted by Crippen LogP contribution is 2.27. The van der Waals surface area contributed by atoms with E-state index >= 15 is 0 Å². The predicted octanol–water partition coefficient (Wildman–Crippen LogP) is 4.54. The van der Waals surface area contributed by atoms with Crippen LogP contribution in [0.1, 0.15) is 21.6 Å². The van der Waals surface area contributed by atoms with Crippen LogP contribution in [0.15, 0.2) is 41.4 Å². The van der Waals surface area contributed by atoms with Crippen molar-refractivity contribution in [2.75, 3.05) is 5.32 Å². The maximum absolute atomic E-state index is 12.5. The lowest BCUT2D eigenvalue weighted by molar-refractivity contribution is 0.102. The fourth-order valence-corrected chi connectivity index (χ4v) is 4.06. The molecule has 0 bridgehead atoms. The summed E-state index contributed by atoms with van der Waals surface area (Å²) >= 11 is 2.82. The van der Waals surface area contributed by atoms with Crippen LogP contribution in [-0.2, 0) is 7.05 Å². The largest absolute Gasteiger partial charge is 0.296 e. The first-order valence-electron chi connectivity index (χ1n) is 8.28. The second-order valence-corrected chi connectivity index (χ2v) is 7.95. The van der Waals surface area contributed by atoms with Gasteiger partial charge in [-0.2, -0.15) is 5.10 Å². The Morgan fingerprint density at radius 3 is 2.67 bits per heavy atom. The second kappa shape index (κ2) is 7.05. The predicted molar refractivity (Wildman–Crippen MR) is 109 cm³/mol. The zero-order valence-electron chi connectivity index (χ0n) is 15.1. The Kier molecular flexibility index (Phi) is 4.59. The van der Waals surface area contributed by atoms with Gasteiger partial charge in [-0.05, 0) is 31.0 Å². The van der Waals surface area contributed by atoms with Crippen molar-refractivity contribution in [3.05, 3.63) is 58.2 Å². The van der Waals surface area contributed by atoms with Crippen LogP contribution >= 0.6 is 22.7 Å². The number of rotatable bonds is 4. The number of aromatic nitrogens is 4. The number of anilines is 1. The molecule has 3 heterocycles. The molecule has 4 rings (SSSR count). The summed E-state index contributed by atoms with van der Waals surface area (Å²) in [6.45, 7) is 4.16. The van der Waals surface area contributed by atoms with Crippen LogP contribution in [0.2, 0.25) is 0 Å². The van der Waals surface area contributed by atoms with E-state index in [1.807, 2.05) is 24.7 Å². The van der Waals surface area contributed by atoms with Crippen LogP contribution < -0.4 is 5.32 Å². The van der Waals surface area contributed by atoms with Gasteiger partial charge in [-0.1, -0.05) is 12.1 Å². The van der Waals surface area contributed by atoms with E-state index in [1.54, 1.807) is 16.3 Å². The van der Waals surface area contributed by atoms with Gasteiger partial charge in [0.25, 0.3) is 5.91 Å². The van der Waals surface area contributed by atoms with Gasteiger partial charge in [-0.15, -0.1) is 22.7 Å². The average molecular weight is 396 g/mol. The summed E-state index contributed by atoms with van der Waals surface area (Å²) in [4.78, 5) is 21.4. The molecule has 0 spiro atoms. The monoisotopic (exact) mass is 395 g/mol. The molecular formula is C19H17N5OS2. The Balaban J connectivity index is 1.50. The molecule has 1 amide bonds. The number of carbonyl (C=O) groups excluding carboxylic acids is 1. The Morgan fingerprint density at radius 2 is 1.93 bits per heavy atom. The first-order valence-corrected chi connectivity index (χ1v) is 10.0. The molecule has 0 aliphatic rings. The fraction of sp³-hybridized carbons (Fsp3) is 0.158. The van der Waals surface area contributed by atoms with Crippen molar-refractivity contribution in [1.29, 1.82) is 0 Å². The zero-order chi connectivity index (χ0) is 19.0. The molecule has 0 aliphatic carbocycles. The van der Waals surface area contributed by atoms with E-state index in [0.29, 0.717) is 10.8 Å². The number of carbonyl (C=O) groups is 1. The van der Waals surface area contributed by atoms with E-state index in [4.69, 9.17) is 0 Å². The molecule has 0 fully saturated rings. The van der Waals surface area contributed by atoms with Crippen molar-refractivity contribution in [3.8, 4) is 21.8 Å². The fourth-order valence-electron chi connectivity index (χ4n) is 2.57. The first kappa shape index (κ1) is 17.6. The molecule has 0 radical (unpaired) electrons. The van der Waals surface area contributed by atoms with Crippen molar-refractivity contribution in [3.63, 3.8) is 0 Å². The van der Waals surface area contributed by atoms with Gasteiger partial charge in [0.05, 0.1) is 11.9 Å². The van der Waals surface area contributed by atoms with E-state index in [-0.39, 0.29) is 5.91 Å². The summed E-state index contributed by atoms with van der Waals surface area (Å²) in [5.74, 6) is -0.262. The highest BCUT2D eigenvalue weighted by Gasteiger charge is 2.15. The minimum absolute atomic E-state index is 0.262. The van der Waals surface area contributed by atoms with E-state index in [0.717, 1.165) is 21.8 Å². The maximum atomic E-state index is 12.5. The van der Waals surface area contributed by atoms with Crippen LogP contribution in [0.3, 0.4) is 0 Å². The van der Waals surface area contributed by atoms with Crippen LogP contribution in [0.5, 0.6) is 0 Å². The summed E-state index contributed by atoms with van der Waals surface area (Å²) in [5, 5.41) is 12.0. The van der Waals surface area contributed by atoms with Gasteiger partial charge in [-0.25, -0.2) is 9.97 Å². The molecular weight excluding hydrogens is 378 g/mol. The van der Waals surface area contributed by atoms with Gasteiger partial charge in [-0.3, -0.25) is 14.8 Å². The third kappa shape index (κ3) is 3.67. The molecule has 1 N–H and O–H groups in total. The quantitative estimate of drug-likeness (QED) is 0.551. The number of hydrogen-bond acceptors (Lipinski definition) is 6. The van der Waals surface area contributed by atoms with Crippen LogP contribution in [0, 0.1) is 13.8 Å². The molecule has 0 atom stereocenters. The van der Waals surface area contributed by atoms with Crippen molar-refractivity contribution >= 4 is 33.7 Å². The molecule has 3 aromatic heterocycles. The summed E-state index contributed by atoms with van der Waals surface area (Å²) in [5.41, 5.74) is 5.64. The number of hydrogen-bond donors (Lipinski definition) is 1. The number of aryl methyl sites for hydroxylation is 3. The van der Waals surface area contributed by atoms with Gasteiger partial charge in [0.2, 0.25) is 0 Å². The highest BCUT2D eigenvalue weighted by molar-refractivity contribution is 7.14. The van der Waals surface area contributed by atoms with E-state index < -0.39 is 0 Å². The average Bonchev–Trinajstić information content (AvgIpc) is 3.37. The summed E-state index contributed by atoms with van der Waals surface area (Å²) < 4.78 is 1.71. The lowest BCUT2D eigenvalue weighted by atomic mass is 10.1. The molecule has 27 heavy (non-hydrogen) atoms. The number of nitrogens with one attached hydrogen (secondary N) is 1. The summed E-state index contributed by atoms with van der Waals surface area (Å²) in [6, 6.07) is 6.23. The topological polar surface area (TPSA) is 72.7 Å². The lowest BCUT2D eigenvalue weighted by Crippen LogP contribution is -2.12. The number of amides is 1. The van der Waals surface area contributed by atoms with Gasteiger partial charge in [0.15, 0.2) is 5.13 Å². The third-order valence-corrected chi connectivity index (χ3v) is 5.87. The number of benzene rings is 1. The Labute approximate surface area is 164 Å². The molecule has 0 aliphatic heterocycles. The summed E-state index contributed by atoms with van der Waals surface area (Å²) in [7, 11) is 1.85. The van der Waals surface area contributed by atoms with Gasteiger partial charge < -0.3 is 0 Å². The maximum Gasteiger partial charge on any atom is 0.276 e. The standard InChI is InChI=1S/C19H17N5OS2/c1-11-4-5-13(6-12(11)2)15-9-27-19(22-15)23-17(25)16-10-26-18(21-16)14-7-20-24(3)8-14/h4-10H,1-3H3,(H,22,23,25). The van der Waals surface area contributed by atoms with Crippen LogP contribution in [0.25, 0.3) is 21.8 Å². The third-order valence-electron chi connectivity index (χ3n) is 4.22. The Hall–Kier alpha value is -2.84. The molecule has 4 aromatic rings. The molecule has 0 saturated heterocycles. The molecule has 136 valence electrons. The molecule has 0 unspecified atom stereocenters. The zero-order valence-corrected chi connectivity index (χ0v) is 16.7. The molecule has 1 aromatic carbocycles. The van der Waals surface area contributed by atoms with E-state index in [9.17, 15) is 4.79 Å². The van der Waals surface area contributed by atoms with Crippen molar-refractivity contribution in [1.82, 2.24) is 19.7 Å². The van der Waals surface area contributed by atoms with Crippen molar-refractivity contribution < 1.29 is 4.79 Å². The Bertz CT molecular complexity index is 1120. The highest BCUT2D eigenvalue weighted by atomic mass is 32.1. The lowest BCUT2D eigenvalue weighted by Gasteiger charge is -2.02. The number of thiazole rings is 2. The van der Waals surface area contributed by atoms with Crippen LogP contribution in [0.4, 0.5) is 5.13 Å². The van der Waals surface area contributed by atoms with Gasteiger partial charge in [0, 0.05) is 35.1 Å². The second-order valence-electron chi connectivity index (χ2n) is 6.23. The number of nitrogens with zero attached hydrogens (tertiary/aromatic N) is 4. The van der Waals surface area contributed by atoms with Crippen LogP contribution in [-0.4, -0.2) is 25.7 Å².